The van der Waals surface area contributed by atoms with E-state index in [0.29, 0.717) is 19.1 Å². The van der Waals surface area contributed by atoms with Gasteiger partial charge >= 0.3 is 0 Å². The highest BCUT2D eigenvalue weighted by molar-refractivity contribution is 5.78. The maximum Gasteiger partial charge on any atom is 0.225 e. The first-order valence-electron chi connectivity index (χ1n) is 9.16. The zero-order chi connectivity index (χ0) is 15.3. The molecular weight excluding hydrogens is 262 g/mol. The zero-order valence-electron chi connectivity index (χ0n) is 14.2. The van der Waals surface area contributed by atoms with Crippen LogP contribution in [0.5, 0.6) is 0 Å². The molecule has 0 aromatic rings. The Balaban J connectivity index is 2.36. The molecule has 3 nitrogen and oxygen atoms in total. The van der Waals surface area contributed by atoms with Crippen LogP contribution >= 0.6 is 0 Å². The number of nitrogens with zero attached hydrogens (tertiary/aromatic N) is 1. The summed E-state index contributed by atoms with van der Waals surface area (Å²) in [4.78, 5) is 14.7. The summed E-state index contributed by atoms with van der Waals surface area (Å²) in [5.41, 5.74) is 0. The summed E-state index contributed by atoms with van der Waals surface area (Å²) in [7, 11) is 0. The van der Waals surface area contributed by atoms with Gasteiger partial charge in [0, 0.05) is 19.0 Å². The fourth-order valence-corrected chi connectivity index (χ4v) is 3.07. The minimum Gasteiger partial charge on any atom is -0.378 e. The maximum absolute atomic E-state index is 12.7. The maximum atomic E-state index is 12.7. The number of carbonyl (C=O) groups is 1. The molecule has 1 saturated heterocycles. The van der Waals surface area contributed by atoms with Gasteiger partial charge in [-0.25, -0.2) is 0 Å². The zero-order valence-corrected chi connectivity index (χ0v) is 14.2. The number of ether oxygens (including phenoxy) is 1. The van der Waals surface area contributed by atoms with Crippen LogP contribution in [0.3, 0.4) is 0 Å². The largest absolute Gasteiger partial charge is 0.378 e. The van der Waals surface area contributed by atoms with Crippen LogP contribution in [0.2, 0.25) is 0 Å². The van der Waals surface area contributed by atoms with Crippen molar-refractivity contribution in [2.24, 2.45) is 5.92 Å². The number of unbranched alkanes of at least 4 members (excludes halogenated alkanes) is 6. The molecule has 1 heterocycles. The van der Waals surface area contributed by atoms with Crippen molar-refractivity contribution in [1.82, 2.24) is 4.90 Å². The Labute approximate surface area is 131 Å². The van der Waals surface area contributed by atoms with Crippen molar-refractivity contribution in [2.75, 3.05) is 26.3 Å². The quantitative estimate of drug-likeness (QED) is 0.529. The fraction of sp³-hybridized carbons (Fsp3) is 0.944. The molecule has 0 aromatic carbocycles. The molecule has 0 saturated carbocycles. The van der Waals surface area contributed by atoms with E-state index in [0.717, 1.165) is 25.9 Å². The van der Waals surface area contributed by atoms with Crippen molar-refractivity contribution in [2.45, 2.75) is 78.1 Å². The molecule has 0 N–H and O–H groups in total. The SMILES string of the molecule is CCCCCCC[C@@H](CCCCC)C(=O)N1CCOCC1. The lowest BCUT2D eigenvalue weighted by Gasteiger charge is -2.30. The van der Waals surface area contributed by atoms with Gasteiger partial charge in [0.1, 0.15) is 0 Å². The topological polar surface area (TPSA) is 29.5 Å². The predicted molar refractivity (Wildman–Crippen MR) is 88.4 cm³/mol. The van der Waals surface area contributed by atoms with Gasteiger partial charge < -0.3 is 9.64 Å². The lowest BCUT2D eigenvalue weighted by atomic mass is 9.93. The van der Waals surface area contributed by atoms with Gasteiger partial charge in [-0.2, -0.15) is 0 Å². The minimum absolute atomic E-state index is 0.260. The number of rotatable bonds is 11. The van der Waals surface area contributed by atoms with E-state index in [9.17, 15) is 4.79 Å². The Hall–Kier alpha value is -0.570. The highest BCUT2D eigenvalue weighted by Gasteiger charge is 2.24. The first-order valence-corrected chi connectivity index (χ1v) is 9.16. The molecule has 0 unspecified atom stereocenters. The first kappa shape index (κ1) is 18.5. The van der Waals surface area contributed by atoms with Gasteiger partial charge in [-0.1, -0.05) is 65.2 Å². The minimum atomic E-state index is 0.260. The molecule has 1 rings (SSSR count). The Kier molecular flexibility index (Phi) is 10.6. The van der Waals surface area contributed by atoms with Gasteiger partial charge in [-0.3, -0.25) is 4.79 Å². The van der Waals surface area contributed by atoms with E-state index in [4.69, 9.17) is 4.74 Å². The Bertz CT molecular complexity index is 262. The molecule has 1 aliphatic heterocycles. The van der Waals surface area contributed by atoms with Crippen LogP contribution in [0.1, 0.15) is 78.1 Å². The molecule has 0 radical (unpaired) electrons. The first-order chi connectivity index (χ1) is 10.3. The summed E-state index contributed by atoms with van der Waals surface area (Å²) in [5, 5.41) is 0. The second-order valence-corrected chi connectivity index (χ2v) is 6.33. The van der Waals surface area contributed by atoms with Gasteiger partial charge in [-0.05, 0) is 12.8 Å². The summed E-state index contributed by atoms with van der Waals surface area (Å²) in [6.45, 7) is 7.48. The Morgan fingerprint density at radius 2 is 1.43 bits per heavy atom. The van der Waals surface area contributed by atoms with Gasteiger partial charge in [-0.15, -0.1) is 0 Å². The summed E-state index contributed by atoms with van der Waals surface area (Å²) >= 11 is 0. The van der Waals surface area contributed by atoms with Crippen molar-refractivity contribution in [3.63, 3.8) is 0 Å². The van der Waals surface area contributed by atoms with Crippen LogP contribution in [-0.2, 0) is 9.53 Å². The van der Waals surface area contributed by atoms with Crippen LogP contribution in [0.25, 0.3) is 0 Å². The summed E-state index contributed by atoms with van der Waals surface area (Å²) in [5.74, 6) is 0.654. The fourth-order valence-electron chi connectivity index (χ4n) is 3.07. The molecule has 0 aliphatic carbocycles. The molecule has 1 atom stereocenters. The summed E-state index contributed by atoms with van der Waals surface area (Å²) in [6, 6.07) is 0. The highest BCUT2D eigenvalue weighted by atomic mass is 16.5. The van der Waals surface area contributed by atoms with E-state index >= 15 is 0 Å². The molecular formula is C18H35NO2. The van der Waals surface area contributed by atoms with Gasteiger partial charge in [0.25, 0.3) is 0 Å². The van der Waals surface area contributed by atoms with Crippen molar-refractivity contribution in [3.8, 4) is 0 Å². The number of hydrogen-bond acceptors (Lipinski definition) is 2. The summed E-state index contributed by atoms with van der Waals surface area (Å²) < 4.78 is 5.36. The number of amides is 1. The van der Waals surface area contributed by atoms with E-state index in [1.807, 2.05) is 4.90 Å². The molecule has 0 aromatic heterocycles. The molecule has 0 bridgehead atoms. The average molecular weight is 297 g/mol. The van der Waals surface area contributed by atoms with E-state index < -0.39 is 0 Å². The normalized spacial score (nSPS) is 17.0. The van der Waals surface area contributed by atoms with Crippen molar-refractivity contribution in [3.05, 3.63) is 0 Å². The third kappa shape index (κ3) is 7.85. The Morgan fingerprint density at radius 3 is 2.05 bits per heavy atom. The monoisotopic (exact) mass is 297 g/mol. The van der Waals surface area contributed by atoms with Crippen LogP contribution in [0.15, 0.2) is 0 Å². The molecule has 1 amide bonds. The van der Waals surface area contributed by atoms with Crippen molar-refractivity contribution >= 4 is 5.91 Å². The second-order valence-electron chi connectivity index (χ2n) is 6.33. The molecule has 124 valence electrons. The summed E-state index contributed by atoms with van der Waals surface area (Å²) in [6.07, 6.45) is 12.3. The van der Waals surface area contributed by atoms with Crippen molar-refractivity contribution < 1.29 is 9.53 Å². The lowest BCUT2D eigenvalue weighted by Crippen LogP contribution is -2.43. The highest BCUT2D eigenvalue weighted by Crippen LogP contribution is 2.21. The van der Waals surface area contributed by atoms with Gasteiger partial charge in [0.05, 0.1) is 13.2 Å². The lowest BCUT2D eigenvalue weighted by molar-refractivity contribution is -0.140. The molecule has 21 heavy (non-hydrogen) atoms. The molecule has 1 fully saturated rings. The molecule has 0 spiro atoms. The van der Waals surface area contributed by atoms with Gasteiger partial charge in [0.2, 0.25) is 5.91 Å². The number of hydrogen-bond donors (Lipinski definition) is 0. The average Bonchev–Trinajstić information content (AvgIpc) is 2.53. The van der Waals surface area contributed by atoms with Crippen LogP contribution in [0, 0.1) is 5.92 Å². The van der Waals surface area contributed by atoms with E-state index in [1.165, 1.54) is 51.4 Å². The second kappa shape index (κ2) is 12.0. The number of carbonyl (C=O) groups excluding carboxylic acids is 1. The van der Waals surface area contributed by atoms with Crippen LogP contribution in [0.4, 0.5) is 0 Å². The van der Waals surface area contributed by atoms with Crippen LogP contribution < -0.4 is 0 Å². The number of morpholine rings is 1. The van der Waals surface area contributed by atoms with Gasteiger partial charge in [0.15, 0.2) is 0 Å². The van der Waals surface area contributed by atoms with E-state index in [2.05, 4.69) is 13.8 Å². The Morgan fingerprint density at radius 1 is 0.905 bits per heavy atom. The predicted octanol–water partition coefficient (Wildman–Crippen LogP) is 4.40. The standard InChI is InChI=1S/C18H35NO2/c1-3-5-7-8-10-12-17(11-9-6-4-2)18(20)19-13-15-21-16-14-19/h17H,3-16H2,1-2H3/t17-/m1/s1. The smallest absolute Gasteiger partial charge is 0.225 e. The van der Waals surface area contributed by atoms with Crippen molar-refractivity contribution in [1.29, 1.82) is 0 Å². The van der Waals surface area contributed by atoms with Crippen LogP contribution in [-0.4, -0.2) is 37.1 Å². The third-order valence-corrected chi connectivity index (χ3v) is 4.48. The van der Waals surface area contributed by atoms with E-state index in [1.54, 1.807) is 0 Å². The third-order valence-electron chi connectivity index (χ3n) is 4.48. The van der Waals surface area contributed by atoms with E-state index in [-0.39, 0.29) is 5.92 Å². The molecule has 3 heteroatoms. The molecule has 1 aliphatic rings.